The summed E-state index contributed by atoms with van der Waals surface area (Å²) >= 11 is 0. The van der Waals surface area contributed by atoms with Crippen LogP contribution in [0.15, 0.2) is 63.8 Å². The first-order chi connectivity index (χ1) is 14.0. The fourth-order valence-corrected chi connectivity index (χ4v) is 3.11. The van der Waals surface area contributed by atoms with E-state index in [1.54, 1.807) is 6.07 Å². The molecule has 1 aromatic heterocycles. The molecule has 0 radical (unpaired) electrons. The van der Waals surface area contributed by atoms with Gasteiger partial charge in [0.25, 0.3) is 0 Å². The summed E-state index contributed by atoms with van der Waals surface area (Å²) in [5, 5.41) is 0.874. The van der Waals surface area contributed by atoms with Gasteiger partial charge in [-0.2, -0.15) is 0 Å². The number of rotatable bonds is 8. The van der Waals surface area contributed by atoms with E-state index in [0.717, 1.165) is 16.5 Å². The fraction of sp³-hybridized carbons (Fsp3) is 0.250. The van der Waals surface area contributed by atoms with Crippen molar-refractivity contribution in [2.75, 3.05) is 13.2 Å². The first-order valence-corrected chi connectivity index (χ1v) is 9.58. The van der Waals surface area contributed by atoms with Crippen molar-refractivity contribution < 1.29 is 18.7 Å². The maximum atomic E-state index is 12.4. The third-order valence-electron chi connectivity index (χ3n) is 4.59. The van der Waals surface area contributed by atoms with Crippen LogP contribution in [-0.2, 0) is 16.0 Å². The number of aryl methyl sites for hydroxylation is 1. The SMILES string of the molecule is CC(=O)OCCCc1c(C)c2ccc(OC/C=C/c3ccccc3)cc2oc1=O. The second-order valence-electron chi connectivity index (χ2n) is 6.72. The number of carbonyl (C=O) groups excluding carboxylic acids is 1. The van der Waals surface area contributed by atoms with Crippen LogP contribution in [0.25, 0.3) is 17.0 Å². The quantitative estimate of drug-likeness (QED) is 0.316. The van der Waals surface area contributed by atoms with E-state index in [9.17, 15) is 9.59 Å². The van der Waals surface area contributed by atoms with E-state index in [1.807, 2.05) is 61.5 Å². The standard InChI is InChI=1S/C24H24O5/c1-17-21-13-12-20(28-15-6-10-19-8-4-3-5-9-19)16-23(21)29-24(26)22(17)11-7-14-27-18(2)25/h3-6,8-10,12-13,16H,7,11,14-15H2,1-2H3/b10-6+. The van der Waals surface area contributed by atoms with E-state index in [2.05, 4.69) is 0 Å². The fourth-order valence-electron chi connectivity index (χ4n) is 3.11. The van der Waals surface area contributed by atoms with Crippen LogP contribution in [0.1, 0.15) is 30.0 Å². The van der Waals surface area contributed by atoms with Crippen LogP contribution in [0.5, 0.6) is 5.75 Å². The number of ether oxygens (including phenoxy) is 2. The molecule has 0 atom stereocenters. The lowest BCUT2D eigenvalue weighted by molar-refractivity contribution is -0.141. The molecule has 0 amide bonds. The summed E-state index contributed by atoms with van der Waals surface area (Å²) in [7, 11) is 0. The zero-order valence-corrected chi connectivity index (χ0v) is 16.6. The number of carbonyl (C=O) groups is 1. The third kappa shape index (κ3) is 5.57. The largest absolute Gasteiger partial charge is 0.489 e. The average molecular weight is 392 g/mol. The van der Waals surface area contributed by atoms with E-state index in [4.69, 9.17) is 13.9 Å². The first-order valence-electron chi connectivity index (χ1n) is 9.58. The molecule has 0 aliphatic carbocycles. The van der Waals surface area contributed by atoms with Gasteiger partial charge in [-0.05, 0) is 49.1 Å². The van der Waals surface area contributed by atoms with E-state index >= 15 is 0 Å². The molecule has 0 unspecified atom stereocenters. The zero-order valence-electron chi connectivity index (χ0n) is 16.6. The Morgan fingerprint density at radius 3 is 2.69 bits per heavy atom. The summed E-state index contributed by atoms with van der Waals surface area (Å²) in [4.78, 5) is 23.2. The molecule has 0 saturated heterocycles. The van der Waals surface area contributed by atoms with Gasteiger partial charge in [-0.1, -0.05) is 36.4 Å². The Labute approximate surface area is 169 Å². The predicted molar refractivity (Wildman–Crippen MR) is 113 cm³/mol. The van der Waals surface area contributed by atoms with E-state index in [-0.39, 0.29) is 18.2 Å². The second kappa shape index (κ2) is 9.73. The maximum absolute atomic E-state index is 12.4. The summed E-state index contributed by atoms with van der Waals surface area (Å²) in [6, 6.07) is 15.5. The third-order valence-corrected chi connectivity index (χ3v) is 4.59. The molecule has 0 aliphatic rings. The normalized spacial score (nSPS) is 11.1. The Bertz CT molecular complexity index is 1060. The minimum atomic E-state index is -0.362. The molecule has 3 aromatic rings. The molecular weight excluding hydrogens is 368 g/mol. The number of benzene rings is 2. The molecule has 5 nitrogen and oxygen atoms in total. The lowest BCUT2D eigenvalue weighted by atomic mass is 10.0. The van der Waals surface area contributed by atoms with Crippen molar-refractivity contribution in [3.63, 3.8) is 0 Å². The Kier molecular flexibility index (Phi) is 6.85. The van der Waals surface area contributed by atoms with E-state index in [0.29, 0.717) is 36.3 Å². The van der Waals surface area contributed by atoms with Gasteiger partial charge in [0.2, 0.25) is 0 Å². The van der Waals surface area contributed by atoms with Gasteiger partial charge >= 0.3 is 11.6 Å². The van der Waals surface area contributed by atoms with Gasteiger partial charge in [0.15, 0.2) is 0 Å². The van der Waals surface area contributed by atoms with E-state index in [1.165, 1.54) is 6.92 Å². The summed E-state index contributed by atoms with van der Waals surface area (Å²) in [5.41, 5.74) is 2.75. The predicted octanol–water partition coefficient (Wildman–Crippen LogP) is 4.69. The molecule has 0 aliphatic heterocycles. The molecule has 0 saturated carbocycles. The molecule has 0 spiro atoms. The van der Waals surface area contributed by atoms with Crippen LogP contribution in [0.3, 0.4) is 0 Å². The minimum Gasteiger partial charge on any atom is -0.489 e. The highest BCUT2D eigenvalue weighted by Gasteiger charge is 2.12. The Hall–Kier alpha value is -3.34. The molecule has 29 heavy (non-hydrogen) atoms. The van der Waals surface area contributed by atoms with Crippen molar-refractivity contribution in [1.82, 2.24) is 0 Å². The lowest BCUT2D eigenvalue weighted by Gasteiger charge is -2.09. The van der Waals surface area contributed by atoms with Crippen molar-refractivity contribution in [3.8, 4) is 5.75 Å². The highest BCUT2D eigenvalue weighted by Crippen LogP contribution is 2.24. The van der Waals surface area contributed by atoms with Gasteiger partial charge in [-0.3, -0.25) is 4.79 Å². The summed E-state index contributed by atoms with van der Waals surface area (Å²) in [6.45, 7) is 3.98. The summed E-state index contributed by atoms with van der Waals surface area (Å²) in [6.07, 6.45) is 5.01. The zero-order chi connectivity index (χ0) is 20.6. The monoisotopic (exact) mass is 392 g/mol. The Morgan fingerprint density at radius 1 is 1.14 bits per heavy atom. The van der Waals surface area contributed by atoms with Crippen LogP contribution in [-0.4, -0.2) is 19.2 Å². The number of esters is 1. The molecule has 1 heterocycles. The van der Waals surface area contributed by atoms with Crippen molar-refractivity contribution in [3.05, 3.63) is 81.7 Å². The smallest absolute Gasteiger partial charge is 0.339 e. The Morgan fingerprint density at radius 2 is 1.93 bits per heavy atom. The van der Waals surface area contributed by atoms with Crippen molar-refractivity contribution in [2.24, 2.45) is 0 Å². The van der Waals surface area contributed by atoms with Crippen LogP contribution in [0.2, 0.25) is 0 Å². The highest BCUT2D eigenvalue weighted by molar-refractivity contribution is 5.82. The van der Waals surface area contributed by atoms with Crippen LogP contribution < -0.4 is 10.4 Å². The van der Waals surface area contributed by atoms with Crippen molar-refractivity contribution in [2.45, 2.75) is 26.7 Å². The molecule has 2 aromatic carbocycles. The van der Waals surface area contributed by atoms with Gasteiger partial charge < -0.3 is 13.9 Å². The molecular formula is C24H24O5. The van der Waals surface area contributed by atoms with Gasteiger partial charge in [-0.25, -0.2) is 4.79 Å². The van der Waals surface area contributed by atoms with Gasteiger partial charge in [-0.15, -0.1) is 0 Å². The molecule has 5 heteroatoms. The topological polar surface area (TPSA) is 65.7 Å². The first kappa shape index (κ1) is 20.4. The van der Waals surface area contributed by atoms with Crippen LogP contribution in [0.4, 0.5) is 0 Å². The van der Waals surface area contributed by atoms with Gasteiger partial charge in [0, 0.05) is 23.9 Å². The van der Waals surface area contributed by atoms with Gasteiger partial charge in [0.05, 0.1) is 6.61 Å². The lowest BCUT2D eigenvalue weighted by Crippen LogP contribution is -2.12. The summed E-state index contributed by atoms with van der Waals surface area (Å²) in [5.74, 6) is 0.318. The number of hydrogen-bond acceptors (Lipinski definition) is 5. The molecule has 3 rings (SSSR count). The second-order valence-corrected chi connectivity index (χ2v) is 6.72. The maximum Gasteiger partial charge on any atom is 0.339 e. The van der Waals surface area contributed by atoms with Crippen molar-refractivity contribution in [1.29, 1.82) is 0 Å². The molecule has 150 valence electrons. The molecule has 0 N–H and O–H groups in total. The number of hydrogen-bond donors (Lipinski definition) is 0. The van der Waals surface area contributed by atoms with Crippen LogP contribution in [0, 0.1) is 6.92 Å². The molecule has 0 fully saturated rings. The molecule has 0 bridgehead atoms. The minimum absolute atomic E-state index is 0.287. The van der Waals surface area contributed by atoms with Gasteiger partial charge in [0.1, 0.15) is 17.9 Å². The Balaban J connectivity index is 1.68. The highest BCUT2D eigenvalue weighted by atomic mass is 16.5. The summed E-state index contributed by atoms with van der Waals surface area (Å²) < 4.78 is 16.2. The van der Waals surface area contributed by atoms with Crippen LogP contribution >= 0.6 is 0 Å². The average Bonchev–Trinajstić information content (AvgIpc) is 2.71. The van der Waals surface area contributed by atoms with E-state index < -0.39 is 0 Å². The van der Waals surface area contributed by atoms with Crippen molar-refractivity contribution >= 4 is 23.0 Å². The number of fused-ring (bicyclic) bond motifs is 1.